The number of nitrogens with zero attached hydrogens (tertiary/aromatic N) is 2. The third-order valence-electron chi connectivity index (χ3n) is 6.46. The molecule has 3 amide bonds. The molecule has 1 unspecified atom stereocenters. The van der Waals surface area contributed by atoms with Crippen LogP contribution in [0.25, 0.3) is 0 Å². The van der Waals surface area contributed by atoms with Crippen molar-refractivity contribution in [2.75, 3.05) is 17.0 Å². The number of para-hydroxylation sites is 1. The topological polar surface area (TPSA) is 105 Å². The predicted molar refractivity (Wildman–Crippen MR) is 143 cm³/mol. The Hall–Kier alpha value is -3.55. The predicted octanol–water partition coefficient (Wildman–Crippen LogP) is 5.04. The summed E-state index contributed by atoms with van der Waals surface area (Å²) in [4.78, 5) is 45.1. The van der Waals surface area contributed by atoms with E-state index in [0.29, 0.717) is 22.5 Å². The van der Waals surface area contributed by atoms with E-state index in [0.717, 1.165) is 0 Å². The fourth-order valence-corrected chi connectivity index (χ4v) is 5.07. The van der Waals surface area contributed by atoms with E-state index >= 15 is 0 Å². The van der Waals surface area contributed by atoms with Gasteiger partial charge in [0, 0.05) is 35.8 Å². The Bertz CT molecular complexity index is 1270. The highest BCUT2D eigenvalue weighted by atomic mass is 32.2. The van der Waals surface area contributed by atoms with Crippen LogP contribution in [0.3, 0.4) is 0 Å². The first-order chi connectivity index (χ1) is 19.2. The summed E-state index contributed by atoms with van der Waals surface area (Å²) in [5, 5.41) is 2.32. The SMILES string of the molecule is CSCN1C(=O)C(NC(=O)[C@H](CCC(F)(F)F)[C@H](CCC(F)(F)F)C(N)=O)N=C(c2ccccc2)c2ccccc21. The second kappa shape index (κ2) is 13.4. The third-order valence-corrected chi connectivity index (χ3v) is 6.97. The van der Waals surface area contributed by atoms with Gasteiger partial charge in [-0.1, -0.05) is 48.5 Å². The Balaban J connectivity index is 2.05. The summed E-state index contributed by atoms with van der Waals surface area (Å²) in [5.41, 5.74) is 7.17. The monoisotopic (exact) mass is 602 g/mol. The molecule has 3 atom stereocenters. The lowest BCUT2D eigenvalue weighted by Gasteiger charge is -2.28. The van der Waals surface area contributed by atoms with Crippen LogP contribution in [-0.2, 0) is 14.4 Å². The van der Waals surface area contributed by atoms with Crippen LogP contribution in [0.2, 0.25) is 0 Å². The van der Waals surface area contributed by atoms with E-state index in [2.05, 4.69) is 10.3 Å². The lowest BCUT2D eigenvalue weighted by molar-refractivity contribution is -0.152. The largest absolute Gasteiger partial charge is 0.389 e. The Labute approximate surface area is 236 Å². The maximum absolute atomic E-state index is 13.7. The van der Waals surface area contributed by atoms with Crippen LogP contribution in [0.5, 0.6) is 0 Å². The molecule has 0 radical (unpaired) electrons. The number of primary amides is 1. The Kier molecular flexibility index (Phi) is 10.5. The number of halogens is 6. The van der Waals surface area contributed by atoms with E-state index in [1.165, 1.54) is 16.7 Å². The van der Waals surface area contributed by atoms with Crippen molar-refractivity contribution >= 4 is 40.9 Å². The van der Waals surface area contributed by atoms with Gasteiger partial charge in [0.2, 0.25) is 18.0 Å². The molecule has 3 N–H and O–H groups in total. The summed E-state index contributed by atoms with van der Waals surface area (Å²) < 4.78 is 78.1. The minimum atomic E-state index is -4.77. The molecule has 0 fully saturated rings. The second-order valence-electron chi connectivity index (χ2n) is 9.38. The molecule has 0 aliphatic carbocycles. The number of alkyl halides is 6. The van der Waals surface area contributed by atoms with Crippen molar-refractivity contribution in [3.63, 3.8) is 0 Å². The summed E-state index contributed by atoms with van der Waals surface area (Å²) >= 11 is 1.29. The van der Waals surface area contributed by atoms with Crippen molar-refractivity contribution < 1.29 is 40.7 Å². The number of nitrogens with two attached hydrogens (primary N) is 1. The molecule has 2 aromatic rings. The van der Waals surface area contributed by atoms with Gasteiger partial charge in [0.15, 0.2) is 0 Å². The van der Waals surface area contributed by atoms with Crippen molar-refractivity contribution in [2.24, 2.45) is 22.6 Å². The van der Waals surface area contributed by atoms with E-state index in [1.807, 2.05) is 0 Å². The number of benzodiazepines with no additional fused rings is 1. The van der Waals surface area contributed by atoms with Crippen molar-refractivity contribution in [1.82, 2.24) is 5.32 Å². The molecule has 1 aliphatic heterocycles. The lowest BCUT2D eigenvalue weighted by Crippen LogP contribution is -2.51. The average Bonchev–Trinajstić information content (AvgIpc) is 3.00. The Morgan fingerprint density at radius 3 is 2.07 bits per heavy atom. The number of fused-ring (bicyclic) bond motifs is 1. The van der Waals surface area contributed by atoms with Gasteiger partial charge in [-0.3, -0.25) is 19.3 Å². The molecule has 222 valence electrons. The second-order valence-corrected chi connectivity index (χ2v) is 10.2. The Morgan fingerprint density at radius 2 is 1.51 bits per heavy atom. The first-order valence-corrected chi connectivity index (χ1v) is 13.9. The van der Waals surface area contributed by atoms with Crippen LogP contribution in [0, 0.1) is 11.8 Å². The zero-order valence-electron chi connectivity index (χ0n) is 21.8. The molecule has 3 rings (SSSR count). The summed E-state index contributed by atoms with van der Waals surface area (Å²) in [5.74, 6) is -6.92. The highest BCUT2D eigenvalue weighted by Gasteiger charge is 2.41. The number of thioether (sulfide) groups is 1. The van der Waals surface area contributed by atoms with Gasteiger partial charge in [-0.25, -0.2) is 4.99 Å². The van der Waals surface area contributed by atoms with E-state index < -0.39 is 73.8 Å². The van der Waals surface area contributed by atoms with Crippen molar-refractivity contribution in [3.8, 4) is 0 Å². The number of hydrogen-bond acceptors (Lipinski definition) is 5. The standard InChI is InChI=1S/C27H28F6N4O3S/c1-41-15-37-20-10-6-5-9-19(20)21(16-7-3-2-4-8-16)35-23(25(37)40)36-24(39)18(12-14-27(31,32)33)17(22(34)38)11-13-26(28,29)30/h2-10,17-18,23H,11-15H2,1H3,(H2,34,38)(H,36,39)/t17-,18+,23?/m0/s1. The summed E-state index contributed by atoms with van der Waals surface area (Å²) in [6, 6.07) is 15.5. The van der Waals surface area contributed by atoms with Gasteiger partial charge in [-0.05, 0) is 25.2 Å². The van der Waals surface area contributed by atoms with Crippen molar-refractivity contribution in [2.45, 2.75) is 44.2 Å². The number of carbonyl (C=O) groups is 3. The number of hydrogen-bond donors (Lipinski definition) is 2. The van der Waals surface area contributed by atoms with Gasteiger partial charge in [0.1, 0.15) is 0 Å². The van der Waals surface area contributed by atoms with E-state index in [9.17, 15) is 40.7 Å². The van der Waals surface area contributed by atoms with Crippen molar-refractivity contribution in [1.29, 1.82) is 0 Å². The van der Waals surface area contributed by atoms with Gasteiger partial charge < -0.3 is 11.1 Å². The van der Waals surface area contributed by atoms with Gasteiger partial charge in [0.05, 0.1) is 17.3 Å². The molecule has 0 spiro atoms. The summed E-state index contributed by atoms with van der Waals surface area (Å²) in [6.45, 7) is 0. The van der Waals surface area contributed by atoms with Crippen molar-refractivity contribution in [3.05, 3.63) is 65.7 Å². The first-order valence-electron chi connectivity index (χ1n) is 12.5. The maximum Gasteiger partial charge on any atom is 0.389 e. The summed E-state index contributed by atoms with van der Waals surface area (Å²) in [6.07, 6.45) is -14.5. The maximum atomic E-state index is 13.7. The van der Waals surface area contributed by atoms with Gasteiger partial charge >= 0.3 is 12.4 Å². The minimum Gasteiger partial charge on any atom is -0.369 e. The zero-order valence-corrected chi connectivity index (χ0v) is 22.7. The fraction of sp³-hybridized carbons (Fsp3) is 0.407. The van der Waals surface area contributed by atoms with Gasteiger partial charge in [0.25, 0.3) is 5.91 Å². The molecule has 41 heavy (non-hydrogen) atoms. The van der Waals surface area contributed by atoms with E-state index in [1.54, 1.807) is 60.9 Å². The van der Waals surface area contributed by atoms with Crippen LogP contribution < -0.4 is 16.0 Å². The number of aliphatic imine (C=N–C) groups is 1. The molecule has 1 heterocycles. The molecule has 0 saturated carbocycles. The normalized spacial score (nSPS) is 17.2. The lowest BCUT2D eigenvalue weighted by atomic mass is 9.83. The molecule has 1 aliphatic rings. The van der Waals surface area contributed by atoms with Gasteiger partial charge in [-0.15, -0.1) is 11.8 Å². The van der Waals surface area contributed by atoms with Crippen LogP contribution in [0.1, 0.15) is 36.8 Å². The molecule has 0 bridgehead atoms. The number of anilines is 1. The number of benzene rings is 2. The van der Waals surface area contributed by atoms with Crippen LogP contribution >= 0.6 is 11.8 Å². The number of rotatable bonds is 11. The number of carbonyl (C=O) groups excluding carboxylic acids is 3. The average molecular weight is 603 g/mol. The van der Waals surface area contributed by atoms with Crippen LogP contribution in [0.4, 0.5) is 32.0 Å². The molecular weight excluding hydrogens is 574 g/mol. The molecule has 2 aromatic carbocycles. The highest BCUT2D eigenvalue weighted by Crippen LogP contribution is 2.33. The first kappa shape index (κ1) is 32.0. The third kappa shape index (κ3) is 8.72. The van der Waals surface area contributed by atoms with Crippen LogP contribution in [-0.4, -0.2) is 54.1 Å². The molecule has 0 aromatic heterocycles. The molecule has 7 nitrogen and oxygen atoms in total. The van der Waals surface area contributed by atoms with Crippen LogP contribution in [0.15, 0.2) is 59.6 Å². The quantitative estimate of drug-likeness (QED) is 0.352. The number of amides is 3. The Morgan fingerprint density at radius 1 is 0.951 bits per heavy atom. The van der Waals surface area contributed by atoms with E-state index in [4.69, 9.17) is 5.73 Å². The number of nitrogens with one attached hydrogen (secondary N) is 1. The van der Waals surface area contributed by atoms with E-state index in [-0.39, 0.29) is 5.88 Å². The highest BCUT2D eigenvalue weighted by molar-refractivity contribution is 7.98. The molecular formula is C27H28F6N4O3S. The molecule has 0 saturated heterocycles. The smallest absolute Gasteiger partial charge is 0.369 e. The van der Waals surface area contributed by atoms with Gasteiger partial charge in [-0.2, -0.15) is 26.3 Å². The summed E-state index contributed by atoms with van der Waals surface area (Å²) in [7, 11) is 0. The molecule has 14 heteroatoms. The fourth-order valence-electron chi connectivity index (χ4n) is 4.55. The zero-order chi connectivity index (χ0) is 30.4. The minimum absolute atomic E-state index is 0.132.